The van der Waals surface area contributed by atoms with E-state index in [2.05, 4.69) is 0 Å². The Morgan fingerprint density at radius 2 is 0.963 bits per heavy atom. The highest BCUT2D eigenvalue weighted by Gasteiger charge is 2.17. The van der Waals surface area contributed by atoms with Gasteiger partial charge in [0.15, 0.2) is 0 Å². The first-order valence-electron chi connectivity index (χ1n) is 8.61. The predicted molar refractivity (Wildman–Crippen MR) is 111 cm³/mol. The van der Waals surface area contributed by atoms with E-state index in [9.17, 15) is 9.59 Å². The zero-order valence-electron chi connectivity index (χ0n) is 14.5. The van der Waals surface area contributed by atoms with Crippen molar-refractivity contribution in [2.24, 2.45) is 0 Å². The fourth-order valence-electron chi connectivity index (χ4n) is 3.16. The lowest BCUT2D eigenvalue weighted by atomic mass is 9.67. The molecule has 2 radical (unpaired) electrons. The Balaban J connectivity index is 1.47. The number of benzene rings is 4. The summed E-state index contributed by atoms with van der Waals surface area (Å²) in [5.74, 6) is -1.37. The lowest BCUT2D eigenvalue weighted by molar-refractivity contribution is 0.184. The molecule has 0 saturated carbocycles. The molecule has 0 spiro atoms. The zero-order chi connectivity index (χ0) is 18.6. The van der Waals surface area contributed by atoms with Crippen LogP contribution in [0.5, 0.6) is 0 Å². The van der Waals surface area contributed by atoms with Crippen LogP contribution in [0.15, 0.2) is 84.9 Å². The fourth-order valence-corrected chi connectivity index (χ4v) is 3.16. The minimum atomic E-state index is -0.687. The Kier molecular flexibility index (Phi) is 4.75. The van der Waals surface area contributed by atoms with Gasteiger partial charge >= 0.3 is 14.6 Å². The average molecular weight is 348 g/mol. The molecule has 0 heterocycles. The van der Waals surface area contributed by atoms with Crippen LogP contribution in [0, 0.1) is 0 Å². The van der Waals surface area contributed by atoms with Gasteiger partial charge in [0.1, 0.15) is 0 Å². The first kappa shape index (κ1) is 17.1. The van der Waals surface area contributed by atoms with Crippen LogP contribution in [0.1, 0.15) is 0 Å². The summed E-state index contributed by atoms with van der Waals surface area (Å²) in [6.07, 6.45) is 0. The number of hydrogen-bond acceptors (Lipinski definition) is 3. The normalized spacial score (nSPS) is 10.5. The fraction of sp³-hybridized carbons (Fsp3) is 0. The van der Waals surface area contributed by atoms with E-state index in [1.807, 2.05) is 84.9 Å². The summed E-state index contributed by atoms with van der Waals surface area (Å²) in [5.41, 5.74) is 1.44. The standard InChI is InChI=1S/C22H14B2O3/c25-21(23-19-13-5-9-15-7-1-3-11-17(15)19)27-22(26)24-20-14-6-10-16-8-2-4-12-18(16)20/h1-14H. The zero-order valence-corrected chi connectivity index (χ0v) is 14.5. The Morgan fingerprint density at radius 3 is 1.44 bits per heavy atom. The van der Waals surface area contributed by atoms with Crippen LogP contribution in [0.25, 0.3) is 21.5 Å². The Hall–Kier alpha value is -3.33. The SMILES string of the molecule is O=C([B]c1cccc2ccccc12)OC(=O)[B]c1cccc2ccccc12. The highest BCUT2D eigenvalue weighted by Crippen LogP contribution is 2.11. The molecular formula is C22H14B2O3. The van der Waals surface area contributed by atoms with Crippen molar-refractivity contribution in [3.8, 4) is 0 Å². The molecule has 0 aliphatic heterocycles. The first-order chi connectivity index (χ1) is 13.2. The lowest BCUT2D eigenvalue weighted by Gasteiger charge is -2.07. The van der Waals surface area contributed by atoms with Crippen LogP contribution in [-0.4, -0.2) is 26.3 Å². The molecule has 0 bridgehead atoms. The van der Waals surface area contributed by atoms with E-state index >= 15 is 0 Å². The third-order valence-electron chi connectivity index (χ3n) is 4.39. The smallest absolute Gasteiger partial charge is 0.300 e. The molecule has 0 aliphatic rings. The molecule has 0 saturated heterocycles. The van der Waals surface area contributed by atoms with E-state index in [4.69, 9.17) is 4.74 Å². The third kappa shape index (κ3) is 3.77. The number of hydrogen-bond donors (Lipinski definition) is 0. The van der Waals surface area contributed by atoms with Gasteiger partial charge in [0.05, 0.1) is 0 Å². The molecule has 4 rings (SSSR count). The van der Waals surface area contributed by atoms with E-state index < -0.39 is 11.7 Å². The van der Waals surface area contributed by atoms with Gasteiger partial charge < -0.3 is 4.74 Å². The molecule has 4 aromatic rings. The van der Waals surface area contributed by atoms with Gasteiger partial charge in [-0.3, -0.25) is 9.59 Å². The van der Waals surface area contributed by atoms with Crippen LogP contribution in [0.3, 0.4) is 0 Å². The molecule has 0 aliphatic carbocycles. The van der Waals surface area contributed by atoms with Crippen molar-refractivity contribution in [3.05, 3.63) is 84.9 Å². The van der Waals surface area contributed by atoms with Crippen molar-refractivity contribution in [2.75, 3.05) is 0 Å². The number of rotatable bonds is 4. The van der Waals surface area contributed by atoms with E-state index in [0.717, 1.165) is 32.5 Å². The van der Waals surface area contributed by atoms with E-state index in [1.165, 1.54) is 14.6 Å². The van der Waals surface area contributed by atoms with E-state index in [1.54, 1.807) is 0 Å². The minimum absolute atomic E-state index is 0.687. The first-order valence-corrected chi connectivity index (χ1v) is 8.61. The molecule has 0 unspecified atom stereocenters. The summed E-state index contributed by atoms with van der Waals surface area (Å²) in [7, 11) is 2.69. The Labute approximate surface area is 158 Å². The molecular weight excluding hydrogens is 334 g/mol. The second-order valence-electron chi connectivity index (χ2n) is 6.17. The molecule has 0 atom stereocenters. The highest BCUT2D eigenvalue weighted by atomic mass is 16.6. The van der Waals surface area contributed by atoms with Crippen molar-refractivity contribution in [3.63, 3.8) is 0 Å². The second kappa shape index (κ2) is 7.50. The van der Waals surface area contributed by atoms with E-state index in [0.29, 0.717) is 0 Å². The maximum atomic E-state index is 12.2. The summed E-state index contributed by atoms with van der Waals surface area (Å²) in [6, 6.07) is 26.8. The largest absolute Gasteiger partial charge is 0.411 e. The molecule has 0 fully saturated rings. The predicted octanol–water partition coefficient (Wildman–Crippen LogP) is 3.61. The second-order valence-corrected chi connectivity index (χ2v) is 6.17. The molecule has 0 amide bonds. The van der Waals surface area contributed by atoms with Crippen LogP contribution < -0.4 is 10.9 Å². The van der Waals surface area contributed by atoms with Gasteiger partial charge in [0, 0.05) is 0 Å². The summed E-state index contributed by atoms with van der Waals surface area (Å²) in [6.45, 7) is 0. The molecule has 0 aromatic heterocycles. The quantitative estimate of drug-likeness (QED) is 0.418. The topological polar surface area (TPSA) is 43.4 Å². The minimum Gasteiger partial charge on any atom is -0.411 e. The van der Waals surface area contributed by atoms with Gasteiger partial charge in [0.25, 0.3) is 11.7 Å². The monoisotopic (exact) mass is 348 g/mol. The summed E-state index contributed by atoms with van der Waals surface area (Å²) in [4.78, 5) is 24.4. The highest BCUT2D eigenvalue weighted by molar-refractivity contribution is 6.88. The van der Waals surface area contributed by atoms with Gasteiger partial charge in [-0.2, -0.15) is 0 Å². The van der Waals surface area contributed by atoms with Crippen LogP contribution in [0.4, 0.5) is 9.59 Å². The molecule has 126 valence electrons. The number of carbonyl (C=O) groups excluding carboxylic acids is 2. The summed E-state index contributed by atoms with van der Waals surface area (Å²) in [5, 5.41) is 3.91. The maximum absolute atomic E-state index is 12.2. The molecule has 27 heavy (non-hydrogen) atoms. The van der Waals surface area contributed by atoms with Gasteiger partial charge in [-0.15, -0.1) is 0 Å². The molecule has 3 nitrogen and oxygen atoms in total. The summed E-state index contributed by atoms with van der Waals surface area (Å²) >= 11 is 0. The van der Waals surface area contributed by atoms with Crippen molar-refractivity contribution in [1.82, 2.24) is 0 Å². The Morgan fingerprint density at radius 1 is 0.556 bits per heavy atom. The maximum Gasteiger partial charge on any atom is 0.300 e. The molecule has 0 N–H and O–H groups in total. The number of carbonyl (C=O) groups is 2. The number of fused-ring (bicyclic) bond motifs is 2. The molecule has 4 aromatic carbocycles. The van der Waals surface area contributed by atoms with Gasteiger partial charge in [-0.1, -0.05) is 95.9 Å². The van der Waals surface area contributed by atoms with Crippen LogP contribution >= 0.6 is 0 Å². The van der Waals surface area contributed by atoms with Crippen molar-refractivity contribution < 1.29 is 14.3 Å². The van der Waals surface area contributed by atoms with Crippen molar-refractivity contribution in [2.45, 2.75) is 0 Å². The van der Waals surface area contributed by atoms with Gasteiger partial charge in [0.2, 0.25) is 0 Å². The van der Waals surface area contributed by atoms with Gasteiger partial charge in [-0.25, -0.2) is 0 Å². The molecule has 5 heteroatoms. The average Bonchev–Trinajstić information content (AvgIpc) is 2.68. The Bertz CT molecular complexity index is 1050. The third-order valence-corrected chi connectivity index (χ3v) is 4.39. The van der Waals surface area contributed by atoms with Gasteiger partial charge in [-0.05, 0) is 21.5 Å². The summed E-state index contributed by atoms with van der Waals surface area (Å²) < 4.78 is 4.97. The van der Waals surface area contributed by atoms with Crippen LogP contribution in [-0.2, 0) is 4.74 Å². The number of ether oxygens (including phenoxy) is 1. The van der Waals surface area contributed by atoms with Crippen LogP contribution in [0.2, 0.25) is 0 Å². The van der Waals surface area contributed by atoms with E-state index in [-0.39, 0.29) is 0 Å². The van der Waals surface area contributed by atoms with Crippen molar-refractivity contribution in [1.29, 1.82) is 0 Å². The van der Waals surface area contributed by atoms with Crippen molar-refractivity contribution >= 4 is 58.8 Å². The lowest BCUT2D eigenvalue weighted by Crippen LogP contribution is -2.31.